The van der Waals surface area contributed by atoms with Crippen LogP contribution >= 0.6 is 0 Å². The van der Waals surface area contributed by atoms with Crippen LogP contribution in [-0.4, -0.2) is 79.8 Å². The number of Topliss-reactive ketones (excluding diaryl/α,β-unsaturated/α-hetero) is 1. The van der Waals surface area contributed by atoms with Crippen molar-refractivity contribution in [1.29, 1.82) is 0 Å². The van der Waals surface area contributed by atoms with Crippen molar-refractivity contribution in [2.24, 2.45) is 11.7 Å². The third-order valence-corrected chi connectivity index (χ3v) is 7.96. The summed E-state index contributed by atoms with van der Waals surface area (Å²) in [6, 6.07) is 15.0. The second-order valence-electron chi connectivity index (χ2n) is 12.0. The summed E-state index contributed by atoms with van der Waals surface area (Å²) in [5, 5.41) is 16.5. The SMILES string of the molecule is CC(C)CC(C(=O)O)(C(=O)C1CCCN1)N(C(=O)OCc1ccccc1)C(=O)C(Cc1c[nH]cn1)NC(=O)C(N)Cc1[c]cccc1. The molecule has 1 fully saturated rings. The lowest BCUT2D eigenvalue weighted by Crippen LogP contribution is -2.70. The molecule has 4 atom stereocenters. The predicted octanol–water partition coefficient (Wildman–Crippen LogP) is 2.16. The number of hydrogen-bond donors (Lipinski definition) is 5. The number of H-pyrrole nitrogens is 1. The van der Waals surface area contributed by atoms with Crippen LogP contribution in [0.5, 0.6) is 0 Å². The van der Waals surface area contributed by atoms with Gasteiger partial charge < -0.3 is 31.2 Å². The topological polar surface area (TPSA) is 197 Å². The highest BCUT2D eigenvalue weighted by atomic mass is 16.6. The molecule has 13 heteroatoms. The number of carboxylic acid groups (broad SMARTS) is 1. The van der Waals surface area contributed by atoms with Crippen LogP contribution in [0.2, 0.25) is 0 Å². The number of rotatable bonds is 15. The van der Waals surface area contributed by atoms with Crippen molar-refractivity contribution in [3.63, 3.8) is 0 Å². The summed E-state index contributed by atoms with van der Waals surface area (Å²) >= 11 is 0. The quantitative estimate of drug-likeness (QED) is 0.153. The Morgan fingerprint density at radius 3 is 2.47 bits per heavy atom. The molecule has 1 radical (unpaired) electrons. The second kappa shape index (κ2) is 16.1. The molecule has 47 heavy (non-hydrogen) atoms. The number of ketones is 1. The molecule has 3 amide bonds. The van der Waals surface area contributed by atoms with Gasteiger partial charge in [0.25, 0.3) is 5.91 Å². The number of ether oxygens (including phenoxy) is 1. The van der Waals surface area contributed by atoms with Crippen molar-refractivity contribution >= 4 is 29.7 Å². The first-order valence-corrected chi connectivity index (χ1v) is 15.6. The minimum atomic E-state index is -2.66. The molecule has 249 valence electrons. The highest BCUT2D eigenvalue weighted by Crippen LogP contribution is 2.32. The molecule has 2 aromatic carbocycles. The van der Waals surface area contributed by atoms with E-state index in [-0.39, 0.29) is 19.4 Å². The molecular formula is C34H41N6O7. The molecule has 3 aromatic rings. The summed E-state index contributed by atoms with van der Waals surface area (Å²) in [5.41, 5.74) is 5.14. The van der Waals surface area contributed by atoms with Gasteiger partial charge in [0.2, 0.25) is 11.4 Å². The number of carbonyl (C=O) groups is 5. The molecular weight excluding hydrogens is 604 g/mol. The number of aromatic nitrogens is 2. The van der Waals surface area contributed by atoms with E-state index < -0.39 is 65.7 Å². The maximum atomic E-state index is 14.7. The maximum absolute atomic E-state index is 14.7. The number of nitrogens with zero attached hydrogens (tertiary/aromatic N) is 2. The molecule has 4 unspecified atom stereocenters. The van der Waals surface area contributed by atoms with Crippen molar-refractivity contribution in [2.45, 2.75) is 76.2 Å². The molecule has 6 N–H and O–H groups in total. The summed E-state index contributed by atoms with van der Waals surface area (Å²) in [7, 11) is 0. The van der Waals surface area contributed by atoms with Gasteiger partial charge in [-0.15, -0.1) is 0 Å². The van der Waals surface area contributed by atoms with Gasteiger partial charge in [0, 0.05) is 12.6 Å². The normalized spacial score (nSPS) is 16.9. The largest absolute Gasteiger partial charge is 0.479 e. The van der Waals surface area contributed by atoms with Gasteiger partial charge in [-0.25, -0.2) is 19.5 Å². The van der Waals surface area contributed by atoms with Crippen LogP contribution in [0.3, 0.4) is 0 Å². The fraction of sp³-hybridized carbons (Fsp3) is 0.412. The number of aromatic amines is 1. The van der Waals surface area contributed by atoms with Crippen molar-refractivity contribution in [1.82, 2.24) is 25.5 Å². The Labute approximate surface area is 273 Å². The van der Waals surface area contributed by atoms with Gasteiger partial charge in [-0.2, -0.15) is 0 Å². The number of carboxylic acids is 1. The van der Waals surface area contributed by atoms with Crippen molar-refractivity contribution in [2.75, 3.05) is 6.54 Å². The van der Waals surface area contributed by atoms with E-state index in [1.54, 1.807) is 68.4 Å². The molecule has 0 bridgehead atoms. The highest BCUT2D eigenvalue weighted by Gasteiger charge is 2.59. The molecule has 1 aromatic heterocycles. The van der Waals surface area contributed by atoms with Crippen molar-refractivity contribution < 1.29 is 33.8 Å². The van der Waals surface area contributed by atoms with Crippen molar-refractivity contribution in [3.05, 3.63) is 90.0 Å². The fourth-order valence-corrected chi connectivity index (χ4v) is 5.73. The number of imidazole rings is 1. The van der Waals surface area contributed by atoms with Gasteiger partial charge in [-0.05, 0) is 55.3 Å². The average molecular weight is 646 g/mol. The standard InChI is InChI=1S/C34H41N6O7/c1-22(2)18-34(32(44)45,29(41)27-14-9-15-37-27)40(33(46)47-20-24-12-7-4-8-13-24)31(43)28(17-25-19-36-21-38-25)39-30(42)26(35)16-23-10-5-3-6-11-23/h3-8,10,12-13,19,21-22,26-28,37H,9,14-18,20,35H2,1-2H3,(H,36,38)(H,39,42)(H,44,45). The van der Waals surface area contributed by atoms with E-state index in [4.69, 9.17) is 10.5 Å². The number of carbonyl (C=O) groups excluding carboxylic acids is 4. The van der Waals surface area contributed by atoms with Crippen LogP contribution in [-0.2, 0) is 43.4 Å². The summed E-state index contributed by atoms with van der Waals surface area (Å²) in [5.74, 6) is -4.86. The first-order valence-electron chi connectivity index (χ1n) is 15.6. The van der Waals surface area contributed by atoms with E-state index in [0.717, 1.165) is 0 Å². The zero-order chi connectivity index (χ0) is 34.0. The van der Waals surface area contributed by atoms with Crippen LogP contribution in [0.1, 0.15) is 49.9 Å². The van der Waals surface area contributed by atoms with Gasteiger partial charge in [-0.3, -0.25) is 14.4 Å². The minimum Gasteiger partial charge on any atom is -0.479 e. The molecule has 2 heterocycles. The van der Waals surface area contributed by atoms with E-state index in [9.17, 15) is 29.1 Å². The number of hydrogen-bond acceptors (Lipinski definition) is 9. The Morgan fingerprint density at radius 1 is 1.13 bits per heavy atom. The Morgan fingerprint density at radius 2 is 1.87 bits per heavy atom. The van der Waals surface area contributed by atoms with Gasteiger partial charge in [0.1, 0.15) is 12.6 Å². The number of benzene rings is 2. The van der Waals surface area contributed by atoms with Crippen LogP contribution in [0.15, 0.2) is 67.1 Å². The maximum Gasteiger partial charge on any atom is 0.418 e. The summed E-state index contributed by atoms with van der Waals surface area (Å²) in [6.07, 6.45) is 1.92. The molecule has 4 rings (SSSR count). The molecule has 0 aliphatic carbocycles. The van der Waals surface area contributed by atoms with Crippen molar-refractivity contribution in [3.8, 4) is 0 Å². The van der Waals surface area contributed by atoms with Crippen LogP contribution in [0.25, 0.3) is 0 Å². The van der Waals surface area contributed by atoms with E-state index in [1.807, 2.05) is 0 Å². The van der Waals surface area contributed by atoms with Crippen LogP contribution in [0.4, 0.5) is 4.79 Å². The van der Waals surface area contributed by atoms with Crippen LogP contribution in [0, 0.1) is 12.0 Å². The Balaban J connectivity index is 1.77. The monoisotopic (exact) mass is 645 g/mol. The first kappa shape index (κ1) is 35.0. The van der Waals surface area contributed by atoms with Gasteiger partial charge >= 0.3 is 12.1 Å². The lowest BCUT2D eigenvalue weighted by molar-refractivity contribution is -0.165. The third kappa shape index (κ3) is 8.69. The number of nitrogens with one attached hydrogen (secondary N) is 3. The fourth-order valence-electron chi connectivity index (χ4n) is 5.73. The van der Waals surface area contributed by atoms with E-state index in [1.165, 1.54) is 12.5 Å². The smallest absolute Gasteiger partial charge is 0.418 e. The Kier molecular flexibility index (Phi) is 12.0. The summed E-state index contributed by atoms with van der Waals surface area (Å²) in [4.78, 5) is 77.2. The van der Waals surface area contributed by atoms with Crippen LogP contribution < -0.4 is 16.4 Å². The Hall–Kier alpha value is -4.88. The lowest BCUT2D eigenvalue weighted by Gasteiger charge is -2.41. The van der Waals surface area contributed by atoms with Gasteiger partial charge in [0.05, 0.1) is 24.1 Å². The second-order valence-corrected chi connectivity index (χ2v) is 12.0. The summed E-state index contributed by atoms with van der Waals surface area (Å²) < 4.78 is 5.55. The molecule has 1 aliphatic rings. The zero-order valence-electron chi connectivity index (χ0n) is 26.5. The molecule has 1 aliphatic heterocycles. The third-order valence-electron chi connectivity index (χ3n) is 7.96. The number of amides is 3. The van der Waals surface area contributed by atoms with Gasteiger partial charge in [0.15, 0.2) is 5.78 Å². The molecule has 1 saturated heterocycles. The minimum absolute atomic E-state index is 0.0943. The number of imide groups is 1. The van der Waals surface area contributed by atoms with E-state index >= 15 is 0 Å². The lowest BCUT2D eigenvalue weighted by atomic mass is 9.79. The average Bonchev–Trinajstić information content (AvgIpc) is 3.78. The Bertz CT molecular complexity index is 1510. The molecule has 0 saturated carbocycles. The predicted molar refractivity (Wildman–Crippen MR) is 171 cm³/mol. The summed E-state index contributed by atoms with van der Waals surface area (Å²) in [6.45, 7) is 3.54. The highest BCUT2D eigenvalue weighted by molar-refractivity contribution is 6.16. The van der Waals surface area contributed by atoms with Gasteiger partial charge in [-0.1, -0.05) is 68.4 Å². The number of nitrogens with two attached hydrogens (primary N) is 1. The van der Waals surface area contributed by atoms with E-state index in [0.29, 0.717) is 41.1 Å². The number of aliphatic carboxylic acids is 1. The molecule has 13 nitrogen and oxygen atoms in total. The molecule has 0 spiro atoms. The zero-order valence-corrected chi connectivity index (χ0v) is 26.5. The first-order chi connectivity index (χ1) is 22.5. The van der Waals surface area contributed by atoms with E-state index in [2.05, 4.69) is 26.7 Å².